The third-order valence-electron chi connectivity index (χ3n) is 7.44. The number of carbonyl (C=O) groups is 1. The van der Waals surface area contributed by atoms with Gasteiger partial charge in [-0.15, -0.1) is 0 Å². The summed E-state index contributed by atoms with van der Waals surface area (Å²) in [7, 11) is 0. The van der Waals surface area contributed by atoms with Gasteiger partial charge in [-0.3, -0.25) is 9.48 Å². The Labute approximate surface area is 167 Å². The monoisotopic (exact) mass is 377 g/mol. The Morgan fingerprint density at radius 1 is 1.07 bits per heavy atom. The lowest BCUT2D eigenvalue weighted by Gasteiger charge is -2.64. The highest BCUT2D eigenvalue weighted by molar-refractivity contribution is 5.83. The lowest BCUT2D eigenvalue weighted by atomic mass is 9.40. The van der Waals surface area contributed by atoms with Crippen molar-refractivity contribution in [3.63, 3.8) is 0 Å². The summed E-state index contributed by atoms with van der Waals surface area (Å²) in [5, 5.41) is 7.74. The van der Waals surface area contributed by atoms with E-state index in [0.717, 1.165) is 37.3 Å². The molecule has 1 heterocycles. The molecule has 2 aromatic rings. The Hall–Kier alpha value is -2.10. The first-order valence-corrected chi connectivity index (χ1v) is 10.7. The van der Waals surface area contributed by atoms with E-state index in [2.05, 4.69) is 42.6 Å². The summed E-state index contributed by atoms with van der Waals surface area (Å²) >= 11 is 0. The Morgan fingerprint density at radius 2 is 1.79 bits per heavy atom. The van der Waals surface area contributed by atoms with Crippen LogP contribution >= 0.6 is 0 Å². The number of aromatic nitrogens is 2. The zero-order valence-corrected chi connectivity index (χ0v) is 17.1. The largest absolute Gasteiger partial charge is 0.351 e. The van der Waals surface area contributed by atoms with Gasteiger partial charge in [0.05, 0.1) is 18.2 Å². The van der Waals surface area contributed by atoms with Crippen LogP contribution in [0.2, 0.25) is 0 Å². The van der Waals surface area contributed by atoms with Gasteiger partial charge in [0, 0.05) is 18.3 Å². The molecule has 4 saturated carbocycles. The van der Waals surface area contributed by atoms with Crippen molar-refractivity contribution < 1.29 is 4.79 Å². The molecule has 1 aromatic heterocycles. The number of carbonyl (C=O) groups excluding carboxylic acids is 1. The maximum atomic E-state index is 13.3. The molecule has 2 atom stereocenters. The lowest BCUT2D eigenvalue weighted by Crippen LogP contribution is -2.59. The normalized spacial score (nSPS) is 35.9. The second-order valence-electron chi connectivity index (χ2n) is 10.6. The minimum Gasteiger partial charge on any atom is -0.351 e. The number of hydrogen-bond acceptors (Lipinski definition) is 2. The Morgan fingerprint density at radius 3 is 2.46 bits per heavy atom. The van der Waals surface area contributed by atoms with Gasteiger partial charge in [-0.1, -0.05) is 44.2 Å². The second-order valence-corrected chi connectivity index (χ2v) is 10.6. The van der Waals surface area contributed by atoms with E-state index >= 15 is 0 Å². The first-order chi connectivity index (χ1) is 13.4. The summed E-state index contributed by atoms with van der Waals surface area (Å²) in [6, 6.07) is 10.3. The van der Waals surface area contributed by atoms with Gasteiger partial charge in [-0.2, -0.15) is 5.10 Å². The van der Waals surface area contributed by atoms with E-state index in [0.29, 0.717) is 17.4 Å². The van der Waals surface area contributed by atoms with Crippen LogP contribution in [-0.2, 0) is 17.9 Å². The molecular weight excluding hydrogens is 346 g/mol. The molecule has 1 aromatic carbocycles. The van der Waals surface area contributed by atoms with Crippen LogP contribution in [-0.4, -0.2) is 15.7 Å². The van der Waals surface area contributed by atoms with Gasteiger partial charge in [0.1, 0.15) is 0 Å². The summed E-state index contributed by atoms with van der Waals surface area (Å²) in [5.41, 5.74) is 2.91. The van der Waals surface area contributed by atoms with Gasteiger partial charge in [0.15, 0.2) is 0 Å². The molecule has 4 bridgehead atoms. The van der Waals surface area contributed by atoms with Crippen LogP contribution < -0.4 is 5.32 Å². The molecule has 6 rings (SSSR count). The quantitative estimate of drug-likeness (QED) is 0.831. The highest BCUT2D eigenvalue weighted by Gasteiger charge is 2.62. The van der Waals surface area contributed by atoms with Crippen LogP contribution in [0.1, 0.15) is 63.5 Å². The van der Waals surface area contributed by atoms with E-state index < -0.39 is 0 Å². The molecule has 4 heteroatoms. The van der Waals surface area contributed by atoms with E-state index in [-0.39, 0.29) is 11.3 Å². The maximum absolute atomic E-state index is 13.3. The molecule has 148 valence electrons. The molecule has 1 amide bonds. The molecule has 1 N–H and O–H groups in total. The third-order valence-corrected chi connectivity index (χ3v) is 7.44. The average Bonchev–Trinajstić information content (AvgIpc) is 3.05. The molecule has 4 fully saturated rings. The lowest BCUT2D eigenvalue weighted by molar-refractivity contribution is -0.170. The van der Waals surface area contributed by atoms with Crippen LogP contribution in [0.5, 0.6) is 0 Å². The third kappa shape index (κ3) is 3.17. The minimum absolute atomic E-state index is 0.136. The predicted octanol–water partition coefficient (Wildman–Crippen LogP) is 4.54. The van der Waals surface area contributed by atoms with Crippen molar-refractivity contribution in [2.24, 2.45) is 22.2 Å². The molecule has 2 unspecified atom stereocenters. The number of nitrogens with one attached hydrogen (secondary N) is 1. The Kier molecular flexibility index (Phi) is 3.98. The molecule has 4 nitrogen and oxygen atoms in total. The average molecular weight is 378 g/mol. The van der Waals surface area contributed by atoms with Gasteiger partial charge < -0.3 is 5.32 Å². The Bertz CT molecular complexity index is 868. The SMILES string of the molecule is CC12CC3CC(C)(C1)CC(C(=O)NCc1cnn(Cc4ccccc4)c1)(C3)C2. The van der Waals surface area contributed by atoms with Crippen molar-refractivity contribution in [1.82, 2.24) is 15.1 Å². The van der Waals surface area contributed by atoms with Crippen molar-refractivity contribution in [2.75, 3.05) is 0 Å². The molecule has 0 saturated heterocycles. The number of rotatable bonds is 5. The number of amides is 1. The maximum Gasteiger partial charge on any atom is 0.226 e. The topological polar surface area (TPSA) is 46.9 Å². The Balaban J connectivity index is 1.25. The smallest absolute Gasteiger partial charge is 0.226 e. The molecule has 28 heavy (non-hydrogen) atoms. The standard InChI is InChI=1S/C24H31N3O/c1-22-8-19-9-23(2,15-22)17-24(10-19,16-22)21(28)25-11-20-12-26-27(14-20)13-18-6-4-3-5-7-18/h3-7,12,14,19H,8-11,13,15-17H2,1-2H3,(H,25,28). The molecule has 0 spiro atoms. The number of hydrogen-bond donors (Lipinski definition) is 1. The van der Waals surface area contributed by atoms with Gasteiger partial charge >= 0.3 is 0 Å². The van der Waals surface area contributed by atoms with E-state index in [4.69, 9.17) is 0 Å². The van der Waals surface area contributed by atoms with Crippen molar-refractivity contribution >= 4 is 5.91 Å². The van der Waals surface area contributed by atoms with Crippen molar-refractivity contribution in [1.29, 1.82) is 0 Å². The highest BCUT2D eigenvalue weighted by atomic mass is 16.2. The number of benzene rings is 1. The summed E-state index contributed by atoms with van der Waals surface area (Å²) in [6.45, 7) is 6.18. The molecule has 0 aliphatic heterocycles. The first-order valence-electron chi connectivity index (χ1n) is 10.7. The molecule has 0 radical (unpaired) electrons. The van der Waals surface area contributed by atoms with E-state index in [1.54, 1.807) is 0 Å². The minimum atomic E-state index is -0.136. The fourth-order valence-electron chi connectivity index (χ4n) is 7.43. The fraction of sp³-hybridized carbons (Fsp3) is 0.583. The van der Waals surface area contributed by atoms with Gasteiger partial charge in [-0.25, -0.2) is 0 Å². The molecular formula is C24H31N3O. The fourth-order valence-corrected chi connectivity index (χ4v) is 7.43. The molecule has 4 aliphatic carbocycles. The summed E-state index contributed by atoms with van der Waals surface area (Å²) in [5.74, 6) is 1.02. The van der Waals surface area contributed by atoms with Gasteiger partial charge in [0.2, 0.25) is 5.91 Å². The summed E-state index contributed by atoms with van der Waals surface area (Å²) in [4.78, 5) is 13.3. The predicted molar refractivity (Wildman–Crippen MR) is 109 cm³/mol. The van der Waals surface area contributed by atoms with Gasteiger partial charge in [0.25, 0.3) is 0 Å². The van der Waals surface area contributed by atoms with Crippen LogP contribution in [0.25, 0.3) is 0 Å². The van der Waals surface area contributed by atoms with Crippen LogP contribution in [0, 0.1) is 22.2 Å². The zero-order chi connectivity index (χ0) is 19.4. The van der Waals surface area contributed by atoms with E-state index in [9.17, 15) is 4.79 Å². The zero-order valence-electron chi connectivity index (χ0n) is 17.1. The second kappa shape index (κ2) is 6.20. The summed E-state index contributed by atoms with van der Waals surface area (Å²) < 4.78 is 1.95. The van der Waals surface area contributed by atoms with Crippen LogP contribution in [0.15, 0.2) is 42.7 Å². The number of nitrogens with zero attached hydrogens (tertiary/aromatic N) is 2. The van der Waals surface area contributed by atoms with Crippen molar-refractivity contribution in [3.05, 3.63) is 53.9 Å². The summed E-state index contributed by atoms with van der Waals surface area (Å²) in [6.07, 6.45) is 11.1. The van der Waals surface area contributed by atoms with E-state index in [1.807, 2.05) is 29.1 Å². The van der Waals surface area contributed by atoms with Crippen molar-refractivity contribution in [3.8, 4) is 0 Å². The van der Waals surface area contributed by atoms with Gasteiger partial charge in [-0.05, 0) is 60.8 Å². The van der Waals surface area contributed by atoms with Crippen LogP contribution in [0.4, 0.5) is 0 Å². The first kappa shape index (κ1) is 18.0. The molecule has 4 aliphatic rings. The van der Waals surface area contributed by atoms with Crippen LogP contribution in [0.3, 0.4) is 0 Å². The highest BCUT2D eigenvalue weighted by Crippen LogP contribution is 2.69. The van der Waals surface area contributed by atoms with Crippen molar-refractivity contribution in [2.45, 2.75) is 65.5 Å². The van der Waals surface area contributed by atoms with E-state index in [1.165, 1.54) is 24.8 Å².